The molecule has 2 heterocycles. The normalized spacial score (nSPS) is 27.5. The number of anilines is 1. The Kier molecular flexibility index (Phi) is 3.29. The summed E-state index contributed by atoms with van der Waals surface area (Å²) < 4.78 is 0. The molecular weight excluding hydrogens is 224 g/mol. The molecule has 3 rings (SSSR count). The van der Waals surface area contributed by atoms with E-state index in [4.69, 9.17) is 0 Å². The zero-order valence-corrected chi connectivity index (χ0v) is 11.4. The zero-order chi connectivity index (χ0) is 12.5. The van der Waals surface area contributed by atoms with E-state index in [1.165, 1.54) is 30.5 Å². The summed E-state index contributed by atoms with van der Waals surface area (Å²) in [5.74, 6) is 2.70. The van der Waals surface area contributed by atoms with Crippen LogP contribution in [-0.2, 0) is 12.8 Å². The summed E-state index contributed by atoms with van der Waals surface area (Å²) in [6.07, 6.45) is 4.86. The van der Waals surface area contributed by atoms with E-state index in [0.717, 1.165) is 37.2 Å². The summed E-state index contributed by atoms with van der Waals surface area (Å²) in [5.41, 5.74) is 2.81. The number of aryl methyl sites for hydroxylation is 1. The molecule has 0 amide bonds. The van der Waals surface area contributed by atoms with Gasteiger partial charge in [-0.15, -0.1) is 0 Å². The standard InChI is InChI=1S/C14H24N4/c1-9(2)10-3-4-13-12(7-10)14(18-17-13)16-11-5-6-15-8-11/h9-11,15H,3-8H2,1-2H3,(H2,16,17,18). The number of nitrogens with zero attached hydrogens (tertiary/aromatic N) is 1. The molecule has 4 nitrogen and oxygen atoms in total. The summed E-state index contributed by atoms with van der Waals surface area (Å²) in [4.78, 5) is 0. The fourth-order valence-corrected chi connectivity index (χ4v) is 3.18. The molecule has 0 saturated carbocycles. The van der Waals surface area contributed by atoms with Gasteiger partial charge >= 0.3 is 0 Å². The Labute approximate surface area is 109 Å². The number of hydrogen-bond acceptors (Lipinski definition) is 3. The molecule has 1 saturated heterocycles. The lowest BCUT2D eigenvalue weighted by Crippen LogP contribution is -2.24. The molecule has 0 aromatic carbocycles. The second-order valence-electron chi connectivity index (χ2n) is 6.11. The summed E-state index contributed by atoms with van der Waals surface area (Å²) in [5, 5.41) is 14.7. The molecule has 2 unspecified atom stereocenters. The fourth-order valence-electron chi connectivity index (χ4n) is 3.18. The molecule has 18 heavy (non-hydrogen) atoms. The van der Waals surface area contributed by atoms with Crippen LogP contribution >= 0.6 is 0 Å². The first-order valence-electron chi connectivity index (χ1n) is 7.27. The minimum absolute atomic E-state index is 0.553. The molecular formula is C14H24N4. The Morgan fingerprint density at radius 1 is 1.33 bits per heavy atom. The van der Waals surface area contributed by atoms with Gasteiger partial charge in [0.25, 0.3) is 0 Å². The average Bonchev–Trinajstić information content (AvgIpc) is 2.99. The number of H-pyrrole nitrogens is 1. The maximum absolute atomic E-state index is 4.49. The van der Waals surface area contributed by atoms with E-state index in [2.05, 4.69) is 34.7 Å². The number of aromatic nitrogens is 2. The number of rotatable bonds is 3. The Hall–Kier alpha value is -1.03. The maximum atomic E-state index is 4.49. The van der Waals surface area contributed by atoms with E-state index in [1.807, 2.05) is 0 Å². The van der Waals surface area contributed by atoms with Crippen molar-refractivity contribution in [2.45, 2.75) is 45.6 Å². The predicted molar refractivity (Wildman–Crippen MR) is 73.8 cm³/mol. The van der Waals surface area contributed by atoms with E-state index >= 15 is 0 Å². The quantitative estimate of drug-likeness (QED) is 0.766. The van der Waals surface area contributed by atoms with Crippen LogP contribution in [0.2, 0.25) is 0 Å². The number of nitrogens with one attached hydrogen (secondary N) is 3. The van der Waals surface area contributed by atoms with Crippen molar-refractivity contribution < 1.29 is 0 Å². The molecule has 0 radical (unpaired) electrons. The van der Waals surface area contributed by atoms with Crippen molar-refractivity contribution >= 4 is 5.82 Å². The van der Waals surface area contributed by atoms with Gasteiger partial charge in [-0.2, -0.15) is 5.10 Å². The van der Waals surface area contributed by atoms with Gasteiger partial charge in [0.2, 0.25) is 0 Å². The molecule has 0 bridgehead atoms. The number of aromatic amines is 1. The van der Waals surface area contributed by atoms with E-state index in [1.54, 1.807) is 0 Å². The summed E-state index contributed by atoms with van der Waals surface area (Å²) in [6, 6.07) is 0.553. The van der Waals surface area contributed by atoms with Crippen LogP contribution in [0, 0.1) is 11.8 Å². The summed E-state index contributed by atoms with van der Waals surface area (Å²) >= 11 is 0. The predicted octanol–water partition coefficient (Wildman–Crippen LogP) is 1.94. The molecule has 4 heteroatoms. The number of hydrogen-bond donors (Lipinski definition) is 3. The van der Waals surface area contributed by atoms with Crippen LogP contribution in [0.4, 0.5) is 5.82 Å². The molecule has 1 aliphatic heterocycles. The van der Waals surface area contributed by atoms with Crippen molar-refractivity contribution in [1.29, 1.82) is 0 Å². The molecule has 100 valence electrons. The van der Waals surface area contributed by atoms with E-state index < -0.39 is 0 Å². The van der Waals surface area contributed by atoms with Crippen molar-refractivity contribution in [2.75, 3.05) is 18.4 Å². The lowest BCUT2D eigenvalue weighted by molar-refractivity contribution is 0.342. The fraction of sp³-hybridized carbons (Fsp3) is 0.786. The summed E-state index contributed by atoms with van der Waals surface area (Å²) in [6.45, 7) is 6.86. The lowest BCUT2D eigenvalue weighted by Gasteiger charge is -2.26. The van der Waals surface area contributed by atoms with E-state index in [9.17, 15) is 0 Å². The Morgan fingerprint density at radius 2 is 2.22 bits per heavy atom. The van der Waals surface area contributed by atoms with Gasteiger partial charge < -0.3 is 10.6 Å². The first kappa shape index (κ1) is 12.0. The molecule has 1 fully saturated rings. The second-order valence-corrected chi connectivity index (χ2v) is 6.11. The van der Waals surface area contributed by atoms with Crippen LogP contribution in [0.15, 0.2) is 0 Å². The second kappa shape index (κ2) is 4.92. The highest BCUT2D eigenvalue weighted by molar-refractivity contribution is 5.48. The van der Waals surface area contributed by atoms with Gasteiger partial charge in [-0.1, -0.05) is 13.8 Å². The highest BCUT2D eigenvalue weighted by Crippen LogP contribution is 2.33. The third-order valence-electron chi connectivity index (χ3n) is 4.53. The van der Waals surface area contributed by atoms with Gasteiger partial charge in [0.15, 0.2) is 5.82 Å². The number of fused-ring (bicyclic) bond motifs is 1. The van der Waals surface area contributed by atoms with Crippen molar-refractivity contribution in [3.63, 3.8) is 0 Å². The highest BCUT2D eigenvalue weighted by atomic mass is 15.2. The monoisotopic (exact) mass is 248 g/mol. The smallest absolute Gasteiger partial charge is 0.151 e. The minimum Gasteiger partial charge on any atom is -0.364 e. The SMILES string of the molecule is CC(C)C1CCc2[nH]nc(NC3CCNC3)c2C1. The van der Waals surface area contributed by atoms with Crippen LogP contribution in [0.3, 0.4) is 0 Å². The molecule has 3 N–H and O–H groups in total. The van der Waals surface area contributed by atoms with Gasteiger partial charge in [-0.3, -0.25) is 5.10 Å². The maximum Gasteiger partial charge on any atom is 0.151 e. The lowest BCUT2D eigenvalue weighted by atomic mass is 9.80. The summed E-state index contributed by atoms with van der Waals surface area (Å²) in [7, 11) is 0. The molecule has 1 aromatic rings. The van der Waals surface area contributed by atoms with Gasteiger partial charge in [0.1, 0.15) is 0 Å². The molecule has 1 aliphatic carbocycles. The van der Waals surface area contributed by atoms with E-state index in [0.29, 0.717) is 6.04 Å². The minimum atomic E-state index is 0.553. The topological polar surface area (TPSA) is 52.7 Å². The van der Waals surface area contributed by atoms with Crippen LogP contribution in [0.25, 0.3) is 0 Å². The molecule has 2 aliphatic rings. The molecule has 1 aromatic heterocycles. The third-order valence-corrected chi connectivity index (χ3v) is 4.53. The van der Waals surface area contributed by atoms with Crippen LogP contribution in [-0.4, -0.2) is 29.3 Å². The van der Waals surface area contributed by atoms with Gasteiger partial charge in [-0.05, 0) is 44.1 Å². The Balaban J connectivity index is 1.74. The molecule has 2 atom stereocenters. The van der Waals surface area contributed by atoms with Gasteiger partial charge in [0, 0.05) is 23.8 Å². The van der Waals surface area contributed by atoms with Crippen molar-refractivity contribution in [3.8, 4) is 0 Å². The van der Waals surface area contributed by atoms with Crippen LogP contribution in [0.5, 0.6) is 0 Å². The van der Waals surface area contributed by atoms with Crippen molar-refractivity contribution in [1.82, 2.24) is 15.5 Å². The zero-order valence-electron chi connectivity index (χ0n) is 11.4. The first-order valence-corrected chi connectivity index (χ1v) is 7.27. The van der Waals surface area contributed by atoms with Gasteiger partial charge in [-0.25, -0.2) is 0 Å². The van der Waals surface area contributed by atoms with Crippen LogP contribution in [0.1, 0.15) is 37.9 Å². The largest absolute Gasteiger partial charge is 0.364 e. The van der Waals surface area contributed by atoms with Crippen molar-refractivity contribution in [2.24, 2.45) is 11.8 Å². The Bertz CT molecular complexity index is 404. The first-order chi connectivity index (χ1) is 8.74. The van der Waals surface area contributed by atoms with Crippen molar-refractivity contribution in [3.05, 3.63) is 11.3 Å². The van der Waals surface area contributed by atoms with Gasteiger partial charge in [0.05, 0.1) is 0 Å². The Morgan fingerprint density at radius 3 is 2.94 bits per heavy atom. The highest BCUT2D eigenvalue weighted by Gasteiger charge is 2.26. The molecule has 0 spiro atoms. The van der Waals surface area contributed by atoms with E-state index in [-0.39, 0.29) is 0 Å². The van der Waals surface area contributed by atoms with Crippen LogP contribution < -0.4 is 10.6 Å². The third kappa shape index (κ3) is 2.26. The average molecular weight is 248 g/mol.